The summed E-state index contributed by atoms with van der Waals surface area (Å²) in [5.74, 6) is -4.93. The molecule has 1 aromatic carbocycles. The third-order valence-electron chi connectivity index (χ3n) is 5.45. The van der Waals surface area contributed by atoms with Crippen molar-refractivity contribution in [1.29, 1.82) is 0 Å². The normalized spacial score (nSPS) is 14.4. The highest BCUT2D eigenvalue weighted by Crippen LogP contribution is 2.36. The molecule has 0 saturated heterocycles. The topological polar surface area (TPSA) is 28.3 Å². The maximum atomic E-state index is 13.2. The molecule has 1 N–H and O–H groups in total. The SMILES string of the molecule is CC(C)N(CCc1c[nH]c2c1C=CCC(Cl)=C2)Cc1cccc(OCC(F)(F)C(F)(F)F)c1. The number of H-pyrrole nitrogens is 1. The van der Waals surface area contributed by atoms with Crippen LogP contribution in [0.1, 0.15) is 42.7 Å². The molecule has 0 unspecified atom stereocenters. The third kappa shape index (κ3) is 6.60. The van der Waals surface area contributed by atoms with E-state index in [1.165, 1.54) is 12.1 Å². The van der Waals surface area contributed by atoms with Crippen molar-refractivity contribution < 1.29 is 26.7 Å². The lowest BCUT2D eigenvalue weighted by Crippen LogP contribution is -2.41. The lowest BCUT2D eigenvalue weighted by Gasteiger charge is -2.27. The largest absolute Gasteiger partial charge is 0.487 e. The summed E-state index contributed by atoms with van der Waals surface area (Å²) in [5.41, 5.74) is 4.00. The highest BCUT2D eigenvalue weighted by molar-refractivity contribution is 6.31. The van der Waals surface area contributed by atoms with Crippen molar-refractivity contribution in [3.8, 4) is 5.75 Å². The summed E-state index contributed by atoms with van der Waals surface area (Å²) < 4.78 is 68.2. The van der Waals surface area contributed by atoms with E-state index in [1.807, 2.05) is 32.2 Å². The molecule has 3 nitrogen and oxygen atoms in total. The van der Waals surface area contributed by atoms with Crippen molar-refractivity contribution in [2.75, 3.05) is 13.2 Å². The van der Waals surface area contributed by atoms with Crippen molar-refractivity contribution >= 4 is 23.8 Å². The fraction of sp³-hybridized carbons (Fsp3) is 0.417. The van der Waals surface area contributed by atoms with Gasteiger partial charge >= 0.3 is 12.1 Å². The minimum Gasteiger partial charge on any atom is -0.487 e. The maximum Gasteiger partial charge on any atom is 0.456 e. The predicted octanol–water partition coefficient (Wildman–Crippen LogP) is 7.04. The van der Waals surface area contributed by atoms with Crippen molar-refractivity contribution in [1.82, 2.24) is 9.88 Å². The van der Waals surface area contributed by atoms with E-state index >= 15 is 0 Å². The van der Waals surface area contributed by atoms with Gasteiger partial charge in [-0.1, -0.05) is 35.9 Å². The van der Waals surface area contributed by atoms with E-state index in [4.69, 9.17) is 16.3 Å². The number of hydrogen-bond acceptors (Lipinski definition) is 2. The molecule has 1 aliphatic carbocycles. The van der Waals surface area contributed by atoms with Gasteiger partial charge in [0.15, 0.2) is 6.61 Å². The average molecular weight is 489 g/mol. The van der Waals surface area contributed by atoms with Crippen LogP contribution in [0.4, 0.5) is 22.0 Å². The Morgan fingerprint density at radius 3 is 2.64 bits per heavy atom. The van der Waals surface area contributed by atoms with Crippen LogP contribution >= 0.6 is 11.6 Å². The predicted molar refractivity (Wildman–Crippen MR) is 120 cm³/mol. The monoisotopic (exact) mass is 488 g/mol. The highest BCUT2D eigenvalue weighted by Gasteiger charge is 2.58. The van der Waals surface area contributed by atoms with E-state index < -0.39 is 18.7 Å². The van der Waals surface area contributed by atoms with E-state index in [2.05, 4.69) is 16.0 Å². The molecule has 0 spiro atoms. The standard InChI is InChI=1S/C24H26ClF5N2O/c1-16(2)32(10-9-18-13-31-22-12-19(25)6-4-8-21(18)22)14-17-5-3-7-20(11-17)33-15-23(26,27)24(28,29)30/h3-5,7-8,11-13,16,31H,6,9-10,14-15H2,1-2H3. The Balaban J connectivity index is 1.65. The number of alkyl halides is 5. The number of hydrogen-bond donors (Lipinski definition) is 1. The lowest BCUT2D eigenvalue weighted by atomic mass is 10.1. The first kappa shape index (κ1) is 25.3. The lowest BCUT2D eigenvalue weighted by molar-refractivity contribution is -0.290. The maximum absolute atomic E-state index is 13.2. The molecule has 1 heterocycles. The van der Waals surface area contributed by atoms with Gasteiger partial charge in [0, 0.05) is 48.0 Å². The van der Waals surface area contributed by atoms with Crippen LogP contribution in [0.25, 0.3) is 12.2 Å². The first-order valence-electron chi connectivity index (χ1n) is 10.6. The third-order valence-corrected chi connectivity index (χ3v) is 5.72. The molecule has 0 bridgehead atoms. The summed E-state index contributed by atoms with van der Waals surface area (Å²) in [6, 6.07) is 6.44. The van der Waals surface area contributed by atoms with Crippen LogP contribution in [0, 0.1) is 0 Å². The number of rotatable bonds is 9. The van der Waals surface area contributed by atoms with E-state index in [0.29, 0.717) is 13.0 Å². The van der Waals surface area contributed by atoms with Crippen molar-refractivity contribution in [3.05, 3.63) is 64.0 Å². The van der Waals surface area contributed by atoms with Gasteiger partial charge in [0.05, 0.1) is 0 Å². The molecule has 0 atom stereocenters. The number of benzene rings is 1. The Bertz CT molecular complexity index is 1010. The molecule has 180 valence electrons. The molecule has 1 aliphatic rings. The fourth-order valence-corrected chi connectivity index (χ4v) is 3.73. The molecule has 2 aromatic rings. The van der Waals surface area contributed by atoms with Crippen molar-refractivity contribution in [3.63, 3.8) is 0 Å². The van der Waals surface area contributed by atoms with Gasteiger partial charge in [-0.15, -0.1) is 0 Å². The van der Waals surface area contributed by atoms with E-state index in [0.717, 1.165) is 40.4 Å². The van der Waals surface area contributed by atoms with Gasteiger partial charge in [-0.25, -0.2) is 0 Å². The minimum absolute atomic E-state index is 0.0233. The first-order chi connectivity index (χ1) is 15.5. The molecule has 0 radical (unpaired) electrons. The number of nitrogens with one attached hydrogen (secondary N) is 1. The van der Waals surface area contributed by atoms with Crippen LogP contribution in [0.5, 0.6) is 5.75 Å². The van der Waals surface area contributed by atoms with E-state index in [-0.39, 0.29) is 11.8 Å². The number of ether oxygens (including phenoxy) is 1. The van der Waals surface area contributed by atoms with Crippen LogP contribution in [0.3, 0.4) is 0 Å². The zero-order valence-electron chi connectivity index (χ0n) is 18.4. The summed E-state index contributed by atoms with van der Waals surface area (Å²) >= 11 is 6.17. The Kier molecular flexibility index (Phi) is 7.90. The van der Waals surface area contributed by atoms with Gasteiger partial charge in [-0.05, 0) is 49.6 Å². The summed E-state index contributed by atoms with van der Waals surface area (Å²) in [4.78, 5) is 5.46. The number of allylic oxidation sites excluding steroid dienone is 2. The van der Waals surface area contributed by atoms with Crippen LogP contribution in [0.15, 0.2) is 41.6 Å². The molecular formula is C24H26ClF5N2O. The van der Waals surface area contributed by atoms with E-state index in [1.54, 1.807) is 12.1 Å². The molecular weight excluding hydrogens is 463 g/mol. The second-order valence-electron chi connectivity index (χ2n) is 8.29. The summed E-state index contributed by atoms with van der Waals surface area (Å²) in [7, 11) is 0. The molecule has 3 rings (SSSR count). The Hall–Kier alpha value is -2.32. The smallest absolute Gasteiger partial charge is 0.456 e. The quantitative estimate of drug-likeness (QED) is 0.383. The van der Waals surface area contributed by atoms with Gasteiger partial charge in [0.2, 0.25) is 0 Å². The molecule has 0 fully saturated rings. The molecule has 0 amide bonds. The zero-order valence-corrected chi connectivity index (χ0v) is 19.1. The second-order valence-corrected chi connectivity index (χ2v) is 8.78. The van der Waals surface area contributed by atoms with Crippen molar-refractivity contribution in [2.45, 2.75) is 51.4 Å². The van der Waals surface area contributed by atoms with Gasteiger partial charge in [-0.2, -0.15) is 22.0 Å². The van der Waals surface area contributed by atoms with Crippen molar-refractivity contribution in [2.24, 2.45) is 0 Å². The Morgan fingerprint density at radius 1 is 1.18 bits per heavy atom. The van der Waals surface area contributed by atoms with Gasteiger partial charge in [0.25, 0.3) is 0 Å². The Morgan fingerprint density at radius 2 is 1.94 bits per heavy atom. The number of aromatic amines is 1. The fourth-order valence-electron chi connectivity index (χ4n) is 3.53. The molecule has 9 heteroatoms. The average Bonchev–Trinajstić information content (AvgIpc) is 2.99. The van der Waals surface area contributed by atoms with Gasteiger partial charge in [-0.3, -0.25) is 4.90 Å². The van der Waals surface area contributed by atoms with Gasteiger partial charge < -0.3 is 9.72 Å². The van der Waals surface area contributed by atoms with Crippen LogP contribution < -0.4 is 4.74 Å². The second kappa shape index (κ2) is 10.3. The molecule has 33 heavy (non-hydrogen) atoms. The number of nitrogens with zero attached hydrogens (tertiary/aromatic N) is 1. The Labute approximate surface area is 194 Å². The summed E-state index contributed by atoms with van der Waals surface area (Å²) in [6.07, 6.45) is 3.79. The molecule has 0 saturated carbocycles. The van der Waals surface area contributed by atoms with Crippen LogP contribution in [-0.2, 0) is 13.0 Å². The summed E-state index contributed by atoms with van der Waals surface area (Å²) in [5, 5.41) is 0.761. The van der Waals surface area contributed by atoms with Crippen LogP contribution in [-0.4, -0.2) is 41.2 Å². The number of aromatic nitrogens is 1. The molecule has 0 aliphatic heterocycles. The highest BCUT2D eigenvalue weighted by atomic mass is 35.5. The van der Waals surface area contributed by atoms with Crippen LogP contribution in [0.2, 0.25) is 0 Å². The van der Waals surface area contributed by atoms with Gasteiger partial charge in [0.1, 0.15) is 5.75 Å². The summed E-state index contributed by atoms with van der Waals surface area (Å²) in [6.45, 7) is 3.57. The molecule has 1 aromatic heterocycles. The van der Waals surface area contributed by atoms with E-state index in [9.17, 15) is 22.0 Å². The first-order valence-corrected chi connectivity index (χ1v) is 11.0. The number of halogens is 6. The number of fused-ring (bicyclic) bond motifs is 1. The zero-order chi connectivity index (χ0) is 24.2. The minimum atomic E-state index is -5.65.